The van der Waals surface area contributed by atoms with E-state index in [1.807, 2.05) is 12.1 Å². The molecule has 2 rings (SSSR count). The van der Waals surface area contributed by atoms with E-state index in [1.54, 1.807) is 12.1 Å². The fourth-order valence-electron chi connectivity index (χ4n) is 1.77. The molecule has 1 atom stereocenters. The fraction of sp³-hybridized carbons (Fsp3) is 0.500. The average Bonchev–Trinajstić information content (AvgIpc) is 3.13. The Morgan fingerprint density at radius 1 is 1.35 bits per heavy atom. The molecule has 0 radical (unpaired) electrons. The summed E-state index contributed by atoms with van der Waals surface area (Å²) in [6.07, 6.45) is 3.26. The normalized spacial score (nSPS) is 18.0. The van der Waals surface area contributed by atoms with Crippen molar-refractivity contribution in [1.82, 2.24) is 4.72 Å². The zero-order valence-corrected chi connectivity index (χ0v) is 11.3. The van der Waals surface area contributed by atoms with Gasteiger partial charge in [0.15, 0.2) is 0 Å². The Kier molecular flexibility index (Phi) is 3.76. The highest BCUT2D eigenvalue weighted by molar-refractivity contribution is 7.89. The predicted octanol–water partition coefficient (Wildman–Crippen LogP) is 2.15. The molecule has 1 N–H and O–H groups in total. The Labute approximate surface area is 107 Å². The number of rotatable bonds is 5. The quantitative estimate of drug-likeness (QED) is 0.836. The summed E-state index contributed by atoms with van der Waals surface area (Å²) in [4.78, 5) is 0.293. The first kappa shape index (κ1) is 12.9. The van der Waals surface area contributed by atoms with E-state index < -0.39 is 10.0 Å². The van der Waals surface area contributed by atoms with Gasteiger partial charge in [0.2, 0.25) is 10.0 Å². The van der Waals surface area contributed by atoms with Gasteiger partial charge in [-0.1, -0.05) is 12.1 Å². The summed E-state index contributed by atoms with van der Waals surface area (Å²) in [5.74, 6) is 0.650. The molecular weight excluding hydrogens is 258 g/mol. The number of benzene rings is 1. The molecule has 1 unspecified atom stereocenters. The van der Waals surface area contributed by atoms with Gasteiger partial charge in [-0.15, -0.1) is 11.6 Å². The van der Waals surface area contributed by atoms with Gasteiger partial charge >= 0.3 is 0 Å². The third kappa shape index (κ3) is 3.21. The third-order valence-corrected chi connectivity index (χ3v) is 5.01. The van der Waals surface area contributed by atoms with Crippen molar-refractivity contribution in [2.45, 2.75) is 29.5 Å². The van der Waals surface area contributed by atoms with Crippen LogP contribution in [0.4, 0.5) is 0 Å². The van der Waals surface area contributed by atoms with E-state index in [2.05, 4.69) is 4.72 Å². The van der Waals surface area contributed by atoms with Crippen LogP contribution in [0.3, 0.4) is 0 Å². The minimum Gasteiger partial charge on any atom is -0.214 e. The van der Waals surface area contributed by atoms with Crippen molar-refractivity contribution in [2.75, 3.05) is 7.05 Å². The molecule has 1 aromatic carbocycles. The molecule has 1 aliphatic rings. The number of hydrogen-bond acceptors (Lipinski definition) is 2. The van der Waals surface area contributed by atoms with Crippen molar-refractivity contribution in [3.63, 3.8) is 0 Å². The number of nitrogens with one attached hydrogen (secondary N) is 1. The lowest BCUT2D eigenvalue weighted by Gasteiger charge is -2.08. The Hall–Kier alpha value is -0.580. The van der Waals surface area contributed by atoms with Crippen molar-refractivity contribution < 1.29 is 8.42 Å². The van der Waals surface area contributed by atoms with Crippen molar-refractivity contribution in [3.8, 4) is 0 Å². The van der Waals surface area contributed by atoms with Gasteiger partial charge in [0.25, 0.3) is 0 Å². The van der Waals surface area contributed by atoms with E-state index >= 15 is 0 Å². The fourth-order valence-corrected chi connectivity index (χ4v) is 2.93. The zero-order valence-electron chi connectivity index (χ0n) is 9.69. The van der Waals surface area contributed by atoms with E-state index in [9.17, 15) is 8.42 Å². The lowest BCUT2D eigenvalue weighted by molar-refractivity contribution is 0.588. The first-order valence-corrected chi connectivity index (χ1v) is 7.61. The topological polar surface area (TPSA) is 46.2 Å². The molecule has 5 heteroatoms. The number of alkyl halides is 1. The van der Waals surface area contributed by atoms with Crippen molar-refractivity contribution >= 4 is 21.6 Å². The average molecular weight is 274 g/mol. The molecule has 0 spiro atoms. The minimum atomic E-state index is -3.33. The lowest BCUT2D eigenvalue weighted by Crippen LogP contribution is -2.18. The number of sulfonamides is 1. The molecule has 0 bridgehead atoms. The summed E-state index contributed by atoms with van der Waals surface area (Å²) in [6, 6.07) is 6.92. The van der Waals surface area contributed by atoms with E-state index in [-0.39, 0.29) is 5.38 Å². The van der Waals surface area contributed by atoms with Crippen LogP contribution in [-0.2, 0) is 16.4 Å². The van der Waals surface area contributed by atoms with Crippen LogP contribution in [0.1, 0.15) is 18.4 Å². The monoisotopic (exact) mass is 273 g/mol. The van der Waals surface area contributed by atoms with Crippen molar-refractivity contribution in [3.05, 3.63) is 29.8 Å². The molecule has 0 saturated heterocycles. The first-order valence-electron chi connectivity index (χ1n) is 5.69. The van der Waals surface area contributed by atoms with Gasteiger partial charge in [0, 0.05) is 5.38 Å². The van der Waals surface area contributed by atoms with Gasteiger partial charge in [0.05, 0.1) is 4.90 Å². The summed E-state index contributed by atoms with van der Waals surface area (Å²) in [5.41, 5.74) is 1.09. The van der Waals surface area contributed by atoms with Crippen LogP contribution in [0.5, 0.6) is 0 Å². The minimum absolute atomic E-state index is 0.182. The Balaban J connectivity index is 2.07. The highest BCUT2D eigenvalue weighted by Crippen LogP contribution is 2.37. The molecule has 3 nitrogen and oxygen atoms in total. The van der Waals surface area contributed by atoms with Crippen LogP contribution in [0.2, 0.25) is 0 Å². The molecule has 1 aliphatic carbocycles. The third-order valence-electron chi connectivity index (χ3n) is 3.07. The van der Waals surface area contributed by atoms with E-state index in [0.29, 0.717) is 10.8 Å². The van der Waals surface area contributed by atoms with Gasteiger partial charge < -0.3 is 0 Å². The summed E-state index contributed by atoms with van der Waals surface area (Å²) in [6.45, 7) is 0. The number of hydrogen-bond donors (Lipinski definition) is 1. The summed E-state index contributed by atoms with van der Waals surface area (Å²) < 4.78 is 25.3. The van der Waals surface area contributed by atoms with Crippen LogP contribution in [0.25, 0.3) is 0 Å². The van der Waals surface area contributed by atoms with Crippen LogP contribution in [0, 0.1) is 5.92 Å². The van der Waals surface area contributed by atoms with E-state index in [4.69, 9.17) is 11.6 Å². The summed E-state index contributed by atoms with van der Waals surface area (Å²) >= 11 is 6.24. The second-order valence-corrected chi connectivity index (χ2v) is 6.86. The maximum absolute atomic E-state index is 11.5. The van der Waals surface area contributed by atoms with Crippen LogP contribution < -0.4 is 4.72 Å². The van der Waals surface area contributed by atoms with E-state index in [1.165, 1.54) is 19.9 Å². The molecule has 1 saturated carbocycles. The SMILES string of the molecule is CNS(=O)(=O)c1ccc(CC(Cl)C2CC2)cc1. The highest BCUT2D eigenvalue weighted by atomic mass is 35.5. The summed E-state index contributed by atoms with van der Waals surface area (Å²) in [5, 5.41) is 0.182. The largest absolute Gasteiger partial charge is 0.240 e. The number of halogens is 1. The highest BCUT2D eigenvalue weighted by Gasteiger charge is 2.29. The zero-order chi connectivity index (χ0) is 12.5. The summed E-state index contributed by atoms with van der Waals surface area (Å²) in [7, 11) is -1.92. The second-order valence-electron chi connectivity index (χ2n) is 4.41. The molecule has 0 heterocycles. The van der Waals surface area contributed by atoms with Crippen molar-refractivity contribution in [2.24, 2.45) is 5.92 Å². The van der Waals surface area contributed by atoms with Crippen molar-refractivity contribution in [1.29, 1.82) is 0 Å². The second kappa shape index (κ2) is 4.96. The molecule has 0 aliphatic heterocycles. The molecule has 94 valence electrons. The lowest BCUT2D eigenvalue weighted by atomic mass is 10.1. The maximum Gasteiger partial charge on any atom is 0.240 e. The van der Waals surface area contributed by atoms with Crippen LogP contribution in [0.15, 0.2) is 29.2 Å². The van der Waals surface area contributed by atoms with Gasteiger partial charge in [0.1, 0.15) is 0 Å². The smallest absolute Gasteiger partial charge is 0.214 e. The van der Waals surface area contributed by atoms with Gasteiger partial charge in [-0.25, -0.2) is 13.1 Å². The van der Waals surface area contributed by atoms with Gasteiger partial charge in [-0.05, 0) is 49.9 Å². The van der Waals surface area contributed by atoms with Crippen LogP contribution in [-0.4, -0.2) is 20.8 Å². The molecule has 17 heavy (non-hydrogen) atoms. The van der Waals surface area contributed by atoms with E-state index in [0.717, 1.165) is 12.0 Å². The molecule has 1 fully saturated rings. The Morgan fingerprint density at radius 2 is 1.94 bits per heavy atom. The molecular formula is C12H16ClNO2S. The Bertz CT molecular complexity index is 480. The predicted molar refractivity (Wildman–Crippen MR) is 68.8 cm³/mol. The van der Waals surface area contributed by atoms with Gasteiger partial charge in [-0.2, -0.15) is 0 Å². The first-order chi connectivity index (χ1) is 8.03. The standard InChI is InChI=1S/C12H16ClNO2S/c1-14-17(15,16)11-6-2-9(3-7-11)8-12(13)10-4-5-10/h2-3,6-7,10,12,14H,4-5,8H2,1H3. The molecule has 0 aromatic heterocycles. The van der Waals surface area contributed by atoms with Crippen LogP contribution >= 0.6 is 11.6 Å². The molecule has 1 aromatic rings. The maximum atomic E-state index is 11.5. The molecule has 0 amide bonds. The van der Waals surface area contributed by atoms with Gasteiger partial charge in [-0.3, -0.25) is 0 Å². The Morgan fingerprint density at radius 3 is 2.41 bits per heavy atom.